The lowest BCUT2D eigenvalue weighted by Gasteiger charge is -1.96. The molecule has 1 aromatic heterocycles. The number of esters is 1. The Labute approximate surface area is 87.4 Å². The molecular weight excluding hydrogens is 202 g/mol. The van der Waals surface area contributed by atoms with Crippen LogP contribution in [0.2, 0.25) is 5.02 Å². The summed E-state index contributed by atoms with van der Waals surface area (Å²) in [4.78, 5) is 14.8. The van der Waals surface area contributed by atoms with Crippen molar-refractivity contribution in [3.8, 4) is 0 Å². The van der Waals surface area contributed by atoms with Crippen LogP contribution in [0.1, 0.15) is 12.5 Å². The fraction of sp³-hybridized carbons (Fsp3) is 0.200. The molecule has 14 heavy (non-hydrogen) atoms. The number of nitrogens with zero attached hydrogens (tertiary/aromatic N) is 1. The lowest BCUT2D eigenvalue weighted by Crippen LogP contribution is -1.98. The minimum absolute atomic E-state index is 0.368. The average Bonchev–Trinajstić information content (AvgIpc) is 2.17. The maximum atomic E-state index is 11.0. The van der Waals surface area contributed by atoms with Crippen LogP contribution in [0.4, 0.5) is 0 Å². The fourth-order valence-electron chi connectivity index (χ4n) is 0.869. The number of halogens is 1. The molecule has 0 amide bonds. The Hall–Kier alpha value is -1.35. The molecule has 1 aromatic rings. The molecule has 0 aliphatic rings. The highest BCUT2D eigenvalue weighted by Crippen LogP contribution is 2.14. The van der Waals surface area contributed by atoms with E-state index in [1.807, 2.05) is 0 Å². The SMILES string of the molecule is CCOC(=O)/C=C/c1ccncc1Cl. The number of ether oxygens (including phenoxy) is 1. The third-order valence-corrected chi connectivity index (χ3v) is 1.81. The monoisotopic (exact) mass is 211 g/mol. The molecule has 3 nitrogen and oxygen atoms in total. The van der Waals surface area contributed by atoms with E-state index in [0.717, 1.165) is 5.56 Å². The van der Waals surface area contributed by atoms with Crippen molar-refractivity contribution >= 4 is 23.6 Å². The molecule has 0 spiro atoms. The van der Waals surface area contributed by atoms with E-state index >= 15 is 0 Å². The zero-order valence-corrected chi connectivity index (χ0v) is 8.49. The van der Waals surface area contributed by atoms with Gasteiger partial charge in [-0.15, -0.1) is 0 Å². The van der Waals surface area contributed by atoms with Gasteiger partial charge in [-0.1, -0.05) is 11.6 Å². The number of rotatable bonds is 3. The third-order valence-electron chi connectivity index (χ3n) is 1.49. The van der Waals surface area contributed by atoms with E-state index in [1.54, 1.807) is 25.3 Å². The molecule has 4 heteroatoms. The van der Waals surface area contributed by atoms with Crippen LogP contribution in [0.5, 0.6) is 0 Å². The first kappa shape index (κ1) is 10.7. The van der Waals surface area contributed by atoms with E-state index in [9.17, 15) is 4.79 Å². The molecule has 0 saturated heterocycles. The van der Waals surface area contributed by atoms with Gasteiger partial charge in [0.25, 0.3) is 0 Å². The van der Waals surface area contributed by atoms with Gasteiger partial charge in [0, 0.05) is 18.5 Å². The van der Waals surface area contributed by atoms with Crippen LogP contribution in [-0.2, 0) is 9.53 Å². The standard InChI is InChI=1S/C10H10ClNO2/c1-2-14-10(13)4-3-8-5-6-12-7-9(8)11/h3-7H,2H2,1H3/b4-3+. The fourth-order valence-corrected chi connectivity index (χ4v) is 1.05. The lowest BCUT2D eigenvalue weighted by molar-refractivity contribution is -0.137. The van der Waals surface area contributed by atoms with Gasteiger partial charge in [0.2, 0.25) is 0 Å². The van der Waals surface area contributed by atoms with Gasteiger partial charge in [0.1, 0.15) is 0 Å². The third kappa shape index (κ3) is 3.18. The van der Waals surface area contributed by atoms with Crippen molar-refractivity contribution in [3.05, 3.63) is 35.1 Å². The Morgan fingerprint density at radius 3 is 3.14 bits per heavy atom. The summed E-state index contributed by atoms with van der Waals surface area (Å²) in [7, 11) is 0. The topological polar surface area (TPSA) is 39.2 Å². The summed E-state index contributed by atoms with van der Waals surface area (Å²) in [5, 5.41) is 0.507. The van der Waals surface area contributed by atoms with Gasteiger partial charge in [-0.3, -0.25) is 4.98 Å². The normalized spacial score (nSPS) is 10.4. The van der Waals surface area contributed by atoms with Gasteiger partial charge >= 0.3 is 5.97 Å². The Kier molecular flexibility index (Phi) is 4.13. The number of carbonyl (C=O) groups is 1. The second-order valence-electron chi connectivity index (χ2n) is 2.48. The quantitative estimate of drug-likeness (QED) is 0.569. The van der Waals surface area contributed by atoms with Gasteiger partial charge in [-0.25, -0.2) is 4.79 Å². The number of aromatic nitrogens is 1. The van der Waals surface area contributed by atoms with E-state index in [4.69, 9.17) is 16.3 Å². The largest absolute Gasteiger partial charge is 0.463 e. The molecule has 0 aliphatic carbocycles. The summed E-state index contributed by atoms with van der Waals surface area (Å²) in [6.07, 6.45) is 6.07. The second kappa shape index (κ2) is 5.40. The molecule has 0 N–H and O–H groups in total. The van der Waals surface area contributed by atoms with Crippen LogP contribution < -0.4 is 0 Å². The molecule has 0 unspecified atom stereocenters. The second-order valence-corrected chi connectivity index (χ2v) is 2.89. The van der Waals surface area contributed by atoms with E-state index in [0.29, 0.717) is 11.6 Å². The molecule has 0 bridgehead atoms. The van der Waals surface area contributed by atoms with E-state index in [1.165, 1.54) is 12.3 Å². The maximum absolute atomic E-state index is 11.0. The molecule has 1 heterocycles. The van der Waals surface area contributed by atoms with E-state index in [2.05, 4.69) is 4.98 Å². The minimum Gasteiger partial charge on any atom is -0.463 e. The molecule has 0 atom stereocenters. The van der Waals surface area contributed by atoms with Crippen molar-refractivity contribution in [3.63, 3.8) is 0 Å². The van der Waals surface area contributed by atoms with Crippen molar-refractivity contribution < 1.29 is 9.53 Å². The van der Waals surface area contributed by atoms with Gasteiger partial charge in [-0.2, -0.15) is 0 Å². The summed E-state index contributed by atoms with van der Waals surface area (Å²) in [6.45, 7) is 2.12. The zero-order valence-electron chi connectivity index (χ0n) is 7.74. The Bertz CT molecular complexity index is 350. The summed E-state index contributed by atoms with van der Waals surface area (Å²) < 4.78 is 4.72. The summed E-state index contributed by atoms with van der Waals surface area (Å²) in [6, 6.07) is 1.72. The smallest absolute Gasteiger partial charge is 0.330 e. The predicted octanol–water partition coefficient (Wildman–Crippen LogP) is 2.31. The first-order valence-corrected chi connectivity index (χ1v) is 4.56. The minimum atomic E-state index is -0.375. The lowest BCUT2D eigenvalue weighted by atomic mass is 10.2. The average molecular weight is 212 g/mol. The number of hydrogen-bond acceptors (Lipinski definition) is 3. The van der Waals surface area contributed by atoms with Gasteiger partial charge < -0.3 is 4.74 Å². The molecule has 0 radical (unpaired) electrons. The summed E-state index contributed by atoms with van der Waals surface area (Å²) in [5.74, 6) is -0.375. The highest BCUT2D eigenvalue weighted by molar-refractivity contribution is 6.32. The van der Waals surface area contributed by atoms with Crippen molar-refractivity contribution in [2.75, 3.05) is 6.61 Å². The first-order valence-electron chi connectivity index (χ1n) is 4.18. The van der Waals surface area contributed by atoms with E-state index in [-0.39, 0.29) is 5.97 Å². The van der Waals surface area contributed by atoms with Crippen molar-refractivity contribution in [1.29, 1.82) is 0 Å². The zero-order chi connectivity index (χ0) is 10.4. The molecule has 0 aromatic carbocycles. The van der Waals surface area contributed by atoms with E-state index < -0.39 is 0 Å². The molecular formula is C10H10ClNO2. The van der Waals surface area contributed by atoms with Crippen LogP contribution in [0.3, 0.4) is 0 Å². The van der Waals surface area contributed by atoms with Crippen LogP contribution >= 0.6 is 11.6 Å². The number of carbonyl (C=O) groups excluding carboxylic acids is 1. The number of pyridine rings is 1. The van der Waals surface area contributed by atoms with Crippen LogP contribution in [-0.4, -0.2) is 17.6 Å². The Balaban J connectivity index is 2.69. The maximum Gasteiger partial charge on any atom is 0.330 e. The highest BCUT2D eigenvalue weighted by atomic mass is 35.5. The summed E-state index contributed by atoms with van der Waals surface area (Å²) >= 11 is 5.82. The van der Waals surface area contributed by atoms with Gasteiger partial charge in [0.15, 0.2) is 0 Å². The predicted molar refractivity (Wildman–Crippen MR) is 54.9 cm³/mol. The Morgan fingerprint density at radius 1 is 1.71 bits per heavy atom. The van der Waals surface area contributed by atoms with Crippen molar-refractivity contribution in [2.45, 2.75) is 6.92 Å². The molecule has 0 aliphatic heterocycles. The first-order chi connectivity index (χ1) is 6.74. The molecule has 0 saturated carbocycles. The van der Waals surface area contributed by atoms with Crippen LogP contribution in [0.25, 0.3) is 6.08 Å². The Morgan fingerprint density at radius 2 is 2.50 bits per heavy atom. The van der Waals surface area contributed by atoms with Crippen molar-refractivity contribution in [2.24, 2.45) is 0 Å². The molecule has 1 rings (SSSR count). The molecule has 0 fully saturated rings. The van der Waals surface area contributed by atoms with Crippen LogP contribution in [0, 0.1) is 0 Å². The summed E-state index contributed by atoms with van der Waals surface area (Å²) in [5.41, 5.74) is 0.745. The highest BCUT2D eigenvalue weighted by Gasteiger charge is 1.97. The van der Waals surface area contributed by atoms with Crippen LogP contribution in [0.15, 0.2) is 24.5 Å². The van der Waals surface area contributed by atoms with Crippen molar-refractivity contribution in [1.82, 2.24) is 4.98 Å². The van der Waals surface area contributed by atoms with Gasteiger partial charge in [-0.05, 0) is 24.6 Å². The molecule has 74 valence electrons. The van der Waals surface area contributed by atoms with Gasteiger partial charge in [0.05, 0.1) is 11.6 Å². The number of hydrogen-bond donors (Lipinski definition) is 0.